The van der Waals surface area contributed by atoms with Crippen LogP contribution in [0.15, 0.2) is 0 Å². The zero-order valence-corrected chi connectivity index (χ0v) is 5.82. The predicted molar refractivity (Wildman–Crippen MR) is 15.1 cm³/mol. The maximum absolute atomic E-state index is 4.04. The summed E-state index contributed by atoms with van der Waals surface area (Å²) < 4.78 is 0. The van der Waals surface area contributed by atoms with Gasteiger partial charge in [0.1, 0.15) is 0 Å². The zero-order valence-electron chi connectivity index (χ0n) is 4.82. The largest absolute Gasteiger partial charge is 1.00 e. The first-order valence-electron chi connectivity index (χ1n) is 0.983. The summed E-state index contributed by atoms with van der Waals surface area (Å²) in [5.74, 6) is 0. The fourth-order valence-corrected chi connectivity index (χ4v) is 0. The van der Waals surface area contributed by atoms with Gasteiger partial charge in [-0.05, 0) is 0 Å². The average molecular weight is 86.1 g/mol. The third kappa shape index (κ3) is 11.4. The van der Waals surface area contributed by atoms with Gasteiger partial charge in [-0.2, -0.15) is 0 Å². The molecule has 0 saturated carbocycles. The first-order valence-corrected chi connectivity index (χ1v) is 0.983. The molecule has 0 unspecified atom stereocenters. The van der Waals surface area contributed by atoms with E-state index in [0.29, 0.717) is 0 Å². The first-order chi connectivity index (χ1) is 1.91. The molecule has 0 aromatic carbocycles. The quantitative estimate of drug-likeness (QED) is 0.196. The van der Waals surface area contributed by atoms with Crippen molar-refractivity contribution in [1.29, 1.82) is 0 Å². The maximum atomic E-state index is 4.04. The Bertz CT molecular complexity index is 13.5. The molecule has 2 nitrogen and oxygen atoms in total. The van der Waals surface area contributed by atoms with E-state index in [0.717, 1.165) is 0 Å². The minimum Gasteiger partial charge on any atom is -1.00 e. The van der Waals surface area contributed by atoms with Crippen molar-refractivity contribution in [2.24, 2.45) is 0 Å². The molecule has 0 aliphatic rings. The van der Waals surface area contributed by atoms with Crippen LogP contribution in [-0.4, -0.2) is 14.2 Å². The van der Waals surface area contributed by atoms with E-state index in [1.54, 1.807) is 0 Å². The molecule has 0 spiro atoms. The Kier molecular flexibility index (Phi) is 16.5. The van der Waals surface area contributed by atoms with Gasteiger partial charge in [-0.15, -0.1) is 0 Å². The predicted octanol–water partition coefficient (Wildman–Crippen LogP) is -2.69. The molecule has 28 valence electrons. The fraction of sp³-hybridized carbons (Fsp3) is 1.00. The van der Waals surface area contributed by atoms with E-state index in [1.807, 2.05) is 0 Å². The van der Waals surface area contributed by atoms with Crippen LogP contribution in [0.1, 0.15) is 1.43 Å². The maximum Gasteiger partial charge on any atom is 1.00 e. The molecule has 0 amide bonds. The Balaban J connectivity index is -0.0000000450. The second-order valence-corrected chi connectivity index (χ2v) is 0.333. The standard InChI is InChI=1S/C2H6O2.Na.H/c1-3-4-2;;/h1-2H3;;/q;+1;-1. The van der Waals surface area contributed by atoms with Gasteiger partial charge in [-0.3, -0.25) is 0 Å². The molecule has 0 saturated heterocycles. The summed E-state index contributed by atoms with van der Waals surface area (Å²) in [5, 5.41) is 0. The molecule has 0 atom stereocenters. The summed E-state index contributed by atoms with van der Waals surface area (Å²) >= 11 is 0. The molecule has 3 heteroatoms. The second kappa shape index (κ2) is 8.87. The van der Waals surface area contributed by atoms with Crippen LogP contribution in [0.25, 0.3) is 0 Å². The average Bonchev–Trinajstić information content (AvgIpc) is 1.37. The summed E-state index contributed by atoms with van der Waals surface area (Å²) in [6.45, 7) is 0. The van der Waals surface area contributed by atoms with Gasteiger partial charge in [-0.1, -0.05) is 0 Å². The molecule has 0 aromatic heterocycles. The molecule has 0 aliphatic heterocycles. The molecule has 0 aliphatic carbocycles. The summed E-state index contributed by atoms with van der Waals surface area (Å²) in [5.41, 5.74) is 0. The summed E-state index contributed by atoms with van der Waals surface area (Å²) in [6.07, 6.45) is 0. The van der Waals surface area contributed by atoms with E-state index in [1.165, 1.54) is 14.2 Å². The molecule has 0 rings (SSSR count). The second-order valence-electron chi connectivity index (χ2n) is 0.333. The third-order valence-corrected chi connectivity index (χ3v) is 0.167. The SMILES string of the molecule is COOC.[H-].[Na+]. The zero-order chi connectivity index (χ0) is 3.41. The molecular weight excluding hydrogens is 79.0 g/mol. The van der Waals surface area contributed by atoms with Gasteiger partial charge in [0.15, 0.2) is 0 Å². The van der Waals surface area contributed by atoms with Crippen molar-refractivity contribution in [3.63, 3.8) is 0 Å². The molecule has 5 heavy (non-hydrogen) atoms. The van der Waals surface area contributed by atoms with E-state index in [-0.39, 0.29) is 31.0 Å². The molecule has 0 heterocycles. The van der Waals surface area contributed by atoms with Crippen LogP contribution in [0, 0.1) is 0 Å². The summed E-state index contributed by atoms with van der Waals surface area (Å²) in [4.78, 5) is 8.08. The van der Waals surface area contributed by atoms with Crippen LogP contribution in [0.4, 0.5) is 0 Å². The van der Waals surface area contributed by atoms with Crippen molar-refractivity contribution in [3.05, 3.63) is 0 Å². The van der Waals surface area contributed by atoms with Gasteiger partial charge in [0.2, 0.25) is 0 Å². The van der Waals surface area contributed by atoms with Gasteiger partial charge in [0.25, 0.3) is 0 Å². The molecule has 0 fully saturated rings. The van der Waals surface area contributed by atoms with E-state index in [9.17, 15) is 0 Å². The number of rotatable bonds is 1. The van der Waals surface area contributed by atoms with Crippen LogP contribution in [0.2, 0.25) is 0 Å². The Morgan fingerprint density at radius 1 is 1.20 bits per heavy atom. The van der Waals surface area contributed by atoms with E-state index in [2.05, 4.69) is 9.78 Å². The Morgan fingerprint density at radius 2 is 1.40 bits per heavy atom. The first kappa shape index (κ1) is 9.33. The van der Waals surface area contributed by atoms with Crippen LogP contribution in [0.3, 0.4) is 0 Å². The topological polar surface area (TPSA) is 18.5 Å². The van der Waals surface area contributed by atoms with E-state index in [4.69, 9.17) is 0 Å². The summed E-state index contributed by atoms with van der Waals surface area (Å²) in [6, 6.07) is 0. The van der Waals surface area contributed by atoms with Crippen molar-refractivity contribution >= 4 is 0 Å². The number of hydrogen-bond donors (Lipinski definition) is 0. The minimum absolute atomic E-state index is 0. The van der Waals surface area contributed by atoms with Gasteiger partial charge in [0.05, 0.1) is 14.2 Å². The van der Waals surface area contributed by atoms with Crippen LogP contribution >= 0.6 is 0 Å². The van der Waals surface area contributed by atoms with Crippen LogP contribution in [-0.2, 0) is 9.78 Å². The van der Waals surface area contributed by atoms with Crippen molar-refractivity contribution in [2.45, 2.75) is 0 Å². The van der Waals surface area contributed by atoms with Crippen LogP contribution in [0.5, 0.6) is 0 Å². The molecule has 0 N–H and O–H groups in total. The fourth-order valence-electron chi connectivity index (χ4n) is 0. The molecule has 0 bridgehead atoms. The van der Waals surface area contributed by atoms with Crippen molar-refractivity contribution < 1.29 is 40.8 Å². The van der Waals surface area contributed by atoms with Gasteiger partial charge in [0, 0.05) is 0 Å². The van der Waals surface area contributed by atoms with Crippen molar-refractivity contribution in [1.82, 2.24) is 0 Å². The Hall–Kier alpha value is 0.920. The molecular formula is C2H7NaO2. The minimum atomic E-state index is 0. The van der Waals surface area contributed by atoms with Crippen molar-refractivity contribution in [2.75, 3.05) is 14.2 Å². The van der Waals surface area contributed by atoms with E-state index < -0.39 is 0 Å². The Morgan fingerprint density at radius 3 is 1.40 bits per heavy atom. The van der Waals surface area contributed by atoms with Gasteiger partial charge >= 0.3 is 29.6 Å². The summed E-state index contributed by atoms with van der Waals surface area (Å²) in [7, 11) is 2.92. The van der Waals surface area contributed by atoms with E-state index >= 15 is 0 Å². The normalized spacial score (nSPS) is 6.00. The Labute approximate surface area is 55.2 Å². The van der Waals surface area contributed by atoms with Crippen molar-refractivity contribution in [3.8, 4) is 0 Å². The van der Waals surface area contributed by atoms with Crippen LogP contribution < -0.4 is 29.6 Å². The molecule has 0 aromatic rings. The monoisotopic (exact) mass is 86.0 g/mol. The number of hydrogen-bond acceptors (Lipinski definition) is 2. The third-order valence-electron chi connectivity index (χ3n) is 0.167. The van der Waals surface area contributed by atoms with Gasteiger partial charge in [-0.25, -0.2) is 9.78 Å². The smallest absolute Gasteiger partial charge is 1.00 e. The molecule has 0 radical (unpaired) electrons. The van der Waals surface area contributed by atoms with Gasteiger partial charge < -0.3 is 1.43 Å².